The van der Waals surface area contributed by atoms with Crippen LogP contribution < -0.4 is 0 Å². The molecule has 0 aromatic carbocycles. The van der Waals surface area contributed by atoms with Gasteiger partial charge in [-0.05, 0) is 13.8 Å². The number of rotatable bonds is 5. The molecule has 0 bridgehead atoms. The maximum atomic E-state index is 9.27. The van der Waals surface area contributed by atoms with Gasteiger partial charge in [0.25, 0.3) is 0 Å². The Balaban J connectivity index is 3.68. The second-order valence-electron chi connectivity index (χ2n) is 2.24. The van der Waals surface area contributed by atoms with Crippen molar-refractivity contribution < 1.29 is 18.9 Å². The molecule has 0 aliphatic carbocycles. The summed E-state index contributed by atoms with van der Waals surface area (Å²) in [6, 6.07) is -0.646. The number of hydrogen-bond acceptors (Lipinski definition) is 4. The molecule has 0 fully saturated rings. The highest BCUT2D eigenvalue weighted by Gasteiger charge is 2.20. The van der Waals surface area contributed by atoms with Gasteiger partial charge < -0.3 is 18.9 Å². The van der Waals surface area contributed by atoms with Gasteiger partial charge in [0.15, 0.2) is 0 Å². The summed E-state index contributed by atoms with van der Waals surface area (Å²) < 4.78 is 14.7. The molecule has 1 unspecified atom stereocenters. The predicted molar refractivity (Wildman–Crippen MR) is 43.2 cm³/mol. The highest BCUT2D eigenvalue weighted by molar-refractivity contribution is 7.46. The molecule has 5 heteroatoms. The molecule has 0 spiro atoms. The van der Waals surface area contributed by atoms with Gasteiger partial charge in [-0.3, -0.25) is 0 Å². The minimum atomic E-state index is -1.63. The molecule has 4 nitrogen and oxygen atoms in total. The maximum Gasteiger partial charge on any atom is 0.229 e. The molecule has 0 saturated carbocycles. The fraction of sp³-hybridized carbons (Fsp3) is 1.00. The smallest absolute Gasteiger partial charge is 0.229 e. The molecule has 1 atom stereocenters. The minimum absolute atomic E-state index is 0.0149. The van der Waals surface area contributed by atoms with E-state index in [9.17, 15) is 4.89 Å². The summed E-state index contributed by atoms with van der Waals surface area (Å²) in [5, 5.41) is 0. The van der Waals surface area contributed by atoms with E-state index in [4.69, 9.17) is 14.0 Å². The normalized spacial score (nSPS) is 14.5. The van der Waals surface area contributed by atoms with Gasteiger partial charge in [-0.25, -0.2) is 0 Å². The maximum absolute atomic E-state index is 9.27. The van der Waals surface area contributed by atoms with Gasteiger partial charge in [0, 0.05) is 14.2 Å². The Morgan fingerprint density at radius 1 is 1.18 bits per heavy atom. The van der Waals surface area contributed by atoms with Crippen LogP contribution in [0.1, 0.15) is 13.8 Å². The van der Waals surface area contributed by atoms with E-state index in [1.807, 2.05) is 13.8 Å². The van der Waals surface area contributed by atoms with Gasteiger partial charge in [-0.15, -0.1) is 0 Å². The molecule has 0 aromatic heterocycles. The monoisotopic (exact) mass is 182 g/mol. The lowest BCUT2D eigenvalue weighted by atomic mass is 10.5. The van der Waals surface area contributed by atoms with E-state index >= 15 is 0 Å². The summed E-state index contributed by atoms with van der Waals surface area (Å²) >= 11 is 0. The molecule has 0 radical (unpaired) electrons. The van der Waals surface area contributed by atoms with Gasteiger partial charge in [0.1, 0.15) is 0 Å². The van der Waals surface area contributed by atoms with Crippen molar-refractivity contribution in [3.63, 3.8) is 0 Å². The third-order valence-electron chi connectivity index (χ3n) is 0.902. The van der Waals surface area contributed by atoms with Crippen LogP contribution in [0, 0.1) is 0 Å². The van der Waals surface area contributed by atoms with E-state index in [1.165, 1.54) is 14.2 Å². The first-order chi connectivity index (χ1) is 5.11. The topological polar surface area (TPSA) is 47.9 Å². The molecule has 0 saturated heterocycles. The average Bonchev–Trinajstić information content (AvgIpc) is 1.88. The molecule has 0 amide bonds. The van der Waals surface area contributed by atoms with Crippen molar-refractivity contribution in [1.82, 2.24) is 0 Å². The van der Waals surface area contributed by atoms with Crippen LogP contribution in [-0.4, -0.2) is 31.2 Å². The Hall–Kier alpha value is 0.270. The van der Waals surface area contributed by atoms with Crippen molar-refractivity contribution >= 4 is 8.38 Å². The molecule has 0 rings (SSSR count). The Labute approximate surface area is 68.4 Å². The number of methoxy groups -OCH3 is 2. The van der Waals surface area contributed by atoms with Gasteiger partial charge in [-0.2, -0.15) is 0 Å². The van der Waals surface area contributed by atoms with Crippen LogP contribution in [0.15, 0.2) is 0 Å². The van der Waals surface area contributed by atoms with Crippen molar-refractivity contribution in [2.45, 2.75) is 26.0 Å². The summed E-state index contributed by atoms with van der Waals surface area (Å²) in [4.78, 5) is 9.27. The average molecular weight is 182 g/mol. The number of ether oxygens (including phenoxy) is 2. The van der Waals surface area contributed by atoms with Crippen LogP contribution in [0.3, 0.4) is 0 Å². The van der Waals surface area contributed by atoms with Crippen LogP contribution in [0.4, 0.5) is 0 Å². The van der Waals surface area contributed by atoms with Crippen LogP contribution in [-0.2, 0) is 14.0 Å². The zero-order valence-electron chi connectivity index (χ0n) is 7.27. The van der Waals surface area contributed by atoms with Gasteiger partial charge >= 0.3 is 0 Å². The molecule has 0 heterocycles. The standard InChI is InChI=1S/C6H15O4P/c1-5(2)10-11(7)6(8-3)9-4/h5-7H,1-4H3. The van der Waals surface area contributed by atoms with Gasteiger partial charge in [0.05, 0.1) is 6.10 Å². The lowest BCUT2D eigenvalue weighted by Crippen LogP contribution is -2.13. The molecule has 0 aromatic rings. The largest absolute Gasteiger partial charge is 0.348 e. The molecule has 68 valence electrons. The highest BCUT2D eigenvalue weighted by Crippen LogP contribution is 2.39. The highest BCUT2D eigenvalue weighted by atomic mass is 31.2. The van der Waals surface area contributed by atoms with E-state index in [0.29, 0.717) is 0 Å². The second kappa shape index (κ2) is 5.86. The summed E-state index contributed by atoms with van der Waals surface area (Å²) in [6.07, 6.45) is -0.0149. The first-order valence-corrected chi connectivity index (χ1v) is 4.60. The molecule has 0 aliphatic heterocycles. The Morgan fingerprint density at radius 2 is 1.64 bits per heavy atom. The van der Waals surface area contributed by atoms with E-state index in [1.54, 1.807) is 0 Å². The van der Waals surface area contributed by atoms with Crippen LogP contribution in [0.25, 0.3) is 0 Å². The fourth-order valence-corrected chi connectivity index (χ4v) is 1.43. The van der Waals surface area contributed by atoms with E-state index in [-0.39, 0.29) is 6.10 Å². The third-order valence-corrected chi connectivity index (χ3v) is 2.32. The van der Waals surface area contributed by atoms with Gasteiger partial charge in [-0.1, -0.05) is 0 Å². The zero-order chi connectivity index (χ0) is 8.85. The fourth-order valence-electron chi connectivity index (χ4n) is 0.542. The SMILES string of the molecule is COC(OC)P(O)OC(C)C. The van der Waals surface area contributed by atoms with E-state index in [0.717, 1.165) is 0 Å². The van der Waals surface area contributed by atoms with Crippen molar-refractivity contribution in [3.8, 4) is 0 Å². The lowest BCUT2D eigenvalue weighted by molar-refractivity contribution is -0.0541. The minimum Gasteiger partial charge on any atom is -0.348 e. The Morgan fingerprint density at radius 3 is 1.91 bits per heavy atom. The van der Waals surface area contributed by atoms with Crippen LogP contribution in [0.2, 0.25) is 0 Å². The first-order valence-electron chi connectivity index (χ1n) is 3.32. The van der Waals surface area contributed by atoms with Crippen molar-refractivity contribution in [2.24, 2.45) is 0 Å². The van der Waals surface area contributed by atoms with E-state index in [2.05, 4.69) is 0 Å². The second-order valence-corrected chi connectivity index (χ2v) is 3.47. The molecule has 0 aliphatic rings. The quantitative estimate of drug-likeness (QED) is 0.514. The summed E-state index contributed by atoms with van der Waals surface area (Å²) in [5.74, 6) is 0. The Kier molecular flexibility index (Phi) is 6.01. The van der Waals surface area contributed by atoms with Crippen LogP contribution in [0.5, 0.6) is 0 Å². The summed E-state index contributed by atoms with van der Waals surface area (Å²) in [5.41, 5.74) is 0. The number of hydrogen-bond donors (Lipinski definition) is 1. The van der Waals surface area contributed by atoms with E-state index < -0.39 is 14.4 Å². The molecule has 11 heavy (non-hydrogen) atoms. The predicted octanol–water partition coefficient (Wildman–Crippen LogP) is 1.29. The van der Waals surface area contributed by atoms with Crippen molar-refractivity contribution in [2.75, 3.05) is 14.2 Å². The molecule has 1 N–H and O–H groups in total. The van der Waals surface area contributed by atoms with Crippen LogP contribution >= 0.6 is 8.38 Å². The lowest BCUT2D eigenvalue weighted by Gasteiger charge is -2.20. The molecular formula is C6H15O4P. The van der Waals surface area contributed by atoms with Crippen molar-refractivity contribution in [1.29, 1.82) is 0 Å². The zero-order valence-corrected chi connectivity index (χ0v) is 8.17. The van der Waals surface area contributed by atoms with Crippen molar-refractivity contribution in [3.05, 3.63) is 0 Å². The summed E-state index contributed by atoms with van der Waals surface area (Å²) in [6.45, 7) is 3.68. The third kappa shape index (κ3) is 4.67. The molecular weight excluding hydrogens is 167 g/mol. The first kappa shape index (κ1) is 11.3. The van der Waals surface area contributed by atoms with Gasteiger partial charge in [0.2, 0.25) is 14.4 Å². The summed E-state index contributed by atoms with van der Waals surface area (Å²) in [7, 11) is 1.30. The Bertz CT molecular complexity index is 94.6.